The second-order valence-corrected chi connectivity index (χ2v) is 5.28. The molecule has 1 fully saturated rings. The van der Waals surface area contributed by atoms with E-state index in [1.807, 2.05) is 12.1 Å². The maximum atomic E-state index is 13.2. The minimum Gasteiger partial charge on any atom is -0.353 e. The second kappa shape index (κ2) is 5.77. The summed E-state index contributed by atoms with van der Waals surface area (Å²) in [6, 6.07) is 11.3. The maximum Gasteiger partial charge on any atom is 0.123 e. The van der Waals surface area contributed by atoms with Crippen molar-refractivity contribution in [2.75, 3.05) is 26.2 Å². The molecule has 0 spiro atoms. The van der Waals surface area contributed by atoms with Crippen molar-refractivity contribution < 1.29 is 4.39 Å². The van der Waals surface area contributed by atoms with E-state index in [4.69, 9.17) is 0 Å². The second-order valence-electron chi connectivity index (χ2n) is 5.28. The number of rotatable bonds is 3. The summed E-state index contributed by atoms with van der Waals surface area (Å²) < 4.78 is 15.3. The van der Waals surface area contributed by atoms with Crippen LogP contribution in [0, 0.1) is 5.82 Å². The number of benzene rings is 1. The van der Waals surface area contributed by atoms with Crippen LogP contribution in [0.1, 0.15) is 17.3 Å². The van der Waals surface area contributed by atoms with E-state index in [9.17, 15) is 4.39 Å². The van der Waals surface area contributed by atoms with Crippen molar-refractivity contribution in [3.8, 4) is 0 Å². The van der Waals surface area contributed by atoms with Gasteiger partial charge in [-0.05, 0) is 29.8 Å². The number of aryl methyl sites for hydroxylation is 1. The molecule has 106 valence electrons. The first-order valence-corrected chi connectivity index (χ1v) is 7.07. The molecule has 1 aliphatic rings. The molecule has 20 heavy (non-hydrogen) atoms. The van der Waals surface area contributed by atoms with Gasteiger partial charge in [0.25, 0.3) is 0 Å². The molecule has 2 aromatic rings. The fourth-order valence-corrected chi connectivity index (χ4v) is 2.91. The molecule has 0 radical (unpaired) electrons. The molecule has 1 aromatic heterocycles. The lowest BCUT2D eigenvalue weighted by Crippen LogP contribution is -2.45. The van der Waals surface area contributed by atoms with Gasteiger partial charge in [-0.25, -0.2) is 4.39 Å². The number of nitrogens with one attached hydrogen (secondary N) is 1. The SMILES string of the molecule is Cn1cccc1C(c1ccc(F)cc1)N1CCNCC1. The Kier molecular flexibility index (Phi) is 3.85. The van der Waals surface area contributed by atoms with Gasteiger partial charge >= 0.3 is 0 Å². The summed E-state index contributed by atoms with van der Waals surface area (Å²) in [4.78, 5) is 2.46. The molecule has 2 heterocycles. The summed E-state index contributed by atoms with van der Waals surface area (Å²) in [5.74, 6) is -0.181. The molecular formula is C16H20FN3. The molecule has 0 bridgehead atoms. The lowest BCUT2D eigenvalue weighted by molar-refractivity contribution is 0.193. The topological polar surface area (TPSA) is 20.2 Å². The normalized spacial score (nSPS) is 18.1. The van der Waals surface area contributed by atoms with Gasteiger partial charge in [-0.3, -0.25) is 4.90 Å². The molecular weight excluding hydrogens is 253 g/mol. The largest absolute Gasteiger partial charge is 0.353 e. The van der Waals surface area contributed by atoms with Gasteiger partial charge in [-0.15, -0.1) is 0 Å². The molecule has 1 saturated heterocycles. The maximum absolute atomic E-state index is 13.2. The monoisotopic (exact) mass is 273 g/mol. The van der Waals surface area contributed by atoms with E-state index in [1.165, 1.54) is 5.69 Å². The van der Waals surface area contributed by atoms with Crippen LogP contribution in [0.25, 0.3) is 0 Å². The molecule has 1 aliphatic heterocycles. The van der Waals surface area contributed by atoms with Gasteiger partial charge in [0.2, 0.25) is 0 Å². The van der Waals surface area contributed by atoms with E-state index in [1.54, 1.807) is 12.1 Å². The van der Waals surface area contributed by atoms with Crippen LogP contribution < -0.4 is 5.32 Å². The van der Waals surface area contributed by atoms with E-state index in [0.29, 0.717) is 0 Å². The third-order valence-corrected chi connectivity index (χ3v) is 3.97. The van der Waals surface area contributed by atoms with Gasteiger partial charge < -0.3 is 9.88 Å². The van der Waals surface area contributed by atoms with Crippen molar-refractivity contribution in [1.29, 1.82) is 0 Å². The Labute approximate surface area is 119 Å². The minimum absolute atomic E-state index is 0.181. The predicted octanol–water partition coefficient (Wildman–Crippen LogP) is 2.16. The highest BCUT2D eigenvalue weighted by atomic mass is 19.1. The summed E-state index contributed by atoms with van der Waals surface area (Å²) in [6.45, 7) is 4.02. The first-order chi connectivity index (χ1) is 9.75. The average molecular weight is 273 g/mol. The smallest absolute Gasteiger partial charge is 0.123 e. The number of halogens is 1. The molecule has 1 aromatic carbocycles. The van der Waals surface area contributed by atoms with Crippen LogP contribution in [-0.4, -0.2) is 35.6 Å². The van der Waals surface area contributed by atoms with E-state index in [-0.39, 0.29) is 11.9 Å². The first-order valence-electron chi connectivity index (χ1n) is 7.07. The summed E-state index contributed by atoms with van der Waals surface area (Å²) >= 11 is 0. The number of piperazine rings is 1. The van der Waals surface area contributed by atoms with Crippen molar-refractivity contribution in [2.24, 2.45) is 7.05 Å². The van der Waals surface area contributed by atoms with Gasteiger partial charge in [0.1, 0.15) is 5.82 Å². The third kappa shape index (κ3) is 2.62. The van der Waals surface area contributed by atoms with Gasteiger partial charge in [-0.1, -0.05) is 12.1 Å². The van der Waals surface area contributed by atoms with Crippen molar-refractivity contribution in [3.63, 3.8) is 0 Å². The molecule has 1 unspecified atom stereocenters. The van der Waals surface area contributed by atoms with Crippen LogP contribution in [0.15, 0.2) is 42.6 Å². The molecule has 0 amide bonds. The molecule has 0 aliphatic carbocycles. The lowest BCUT2D eigenvalue weighted by Gasteiger charge is -2.35. The van der Waals surface area contributed by atoms with Crippen molar-refractivity contribution in [2.45, 2.75) is 6.04 Å². The fraction of sp³-hybridized carbons (Fsp3) is 0.375. The Morgan fingerprint density at radius 1 is 1.10 bits per heavy atom. The zero-order valence-electron chi connectivity index (χ0n) is 11.7. The van der Waals surface area contributed by atoms with E-state index < -0.39 is 0 Å². The molecule has 1 N–H and O–H groups in total. The van der Waals surface area contributed by atoms with Crippen molar-refractivity contribution >= 4 is 0 Å². The lowest BCUT2D eigenvalue weighted by atomic mass is 10.0. The molecule has 4 heteroatoms. The van der Waals surface area contributed by atoms with Crippen LogP contribution in [0.3, 0.4) is 0 Å². The van der Waals surface area contributed by atoms with Crippen LogP contribution in [0.2, 0.25) is 0 Å². The first kappa shape index (κ1) is 13.3. The number of aromatic nitrogens is 1. The highest BCUT2D eigenvalue weighted by Gasteiger charge is 2.25. The zero-order chi connectivity index (χ0) is 13.9. The van der Waals surface area contributed by atoms with Crippen LogP contribution >= 0.6 is 0 Å². The van der Waals surface area contributed by atoms with Crippen LogP contribution in [0.5, 0.6) is 0 Å². The summed E-state index contributed by atoms with van der Waals surface area (Å²) in [7, 11) is 2.06. The average Bonchev–Trinajstić information content (AvgIpc) is 2.89. The summed E-state index contributed by atoms with van der Waals surface area (Å²) in [5, 5.41) is 3.38. The van der Waals surface area contributed by atoms with Crippen LogP contribution in [0.4, 0.5) is 4.39 Å². The Morgan fingerprint density at radius 3 is 2.40 bits per heavy atom. The Balaban J connectivity index is 1.98. The Morgan fingerprint density at radius 2 is 1.80 bits per heavy atom. The van der Waals surface area contributed by atoms with E-state index in [0.717, 1.165) is 31.7 Å². The Hall–Kier alpha value is -1.65. The third-order valence-electron chi connectivity index (χ3n) is 3.97. The summed E-state index contributed by atoms with van der Waals surface area (Å²) in [6.07, 6.45) is 2.06. The molecule has 1 atom stereocenters. The minimum atomic E-state index is -0.181. The van der Waals surface area contributed by atoms with E-state index >= 15 is 0 Å². The zero-order valence-corrected chi connectivity index (χ0v) is 11.7. The molecule has 0 saturated carbocycles. The van der Waals surface area contributed by atoms with Gasteiger partial charge in [0.05, 0.1) is 6.04 Å². The summed E-state index contributed by atoms with van der Waals surface area (Å²) in [5.41, 5.74) is 2.40. The number of hydrogen-bond acceptors (Lipinski definition) is 2. The van der Waals surface area contributed by atoms with Crippen molar-refractivity contribution in [1.82, 2.24) is 14.8 Å². The van der Waals surface area contributed by atoms with Crippen LogP contribution in [-0.2, 0) is 7.05 Å². The van der Waals surface area contributed by atoms with Gasteiger partial charge in [0, 0.05) is 45.1 Å². The molecule has 3 nitrogen and oxygen atoms in total. The quantitative estimate of drug-likeness (QED) is 0.925. The van der Waals surface area contributed by atoms with Gasteiger partial charge in [0.15, 0.2) is 0 Å². The van der Waals surface area contributed by atoms with E-state index in [2.05, 4.69) is 40.2 Å². The Bertz CT molecular complexity index is 555. The molecule has 3 rings (SSSR count). The highest BCUT2D eigenvalue weighted by molar-refractivity contribution is 5.29. The highest BCUT2D eigenvalue weighted by Crippen LogP contribution is 2.29. The van der Waals surface area contributed by atoms with Gasteiger partial charge in [-0.2, -0.15) is 0 Å². The van der Waals surface area contributed by atoms with Crippen molar-refractivity contribution in [3.05, 3.63) is 59.7 Å². The fourth-order valence-electron chi connectivity index (χ4n) is 2.91. The number of nitrogens with zero attached hydrogens (tertiary/aromatic N) is 2. The predicted molar refractivity (Wildman–Crippen MR) is 78.1 cm³/mol. The standard InChI is InChI=1S/C16H20FN3/c1-19-10-2-3-15(19)16(20-11-8-18-9-12-20)13-4-6-14(17)7-5-13/h2-7,10,16,18H,8-9,11-12H2,1H3. The number of hydrogen-bond donors (Lipinski definition) is 1.